The van der Waals surface area contributed by atoms with Crippen LogP contribution in [0, 0.1) is 0 Å². The summed E-state index contributed by atoms with van der Waals surface area (Å²) in [6, 6.07) is 20.1. The van der Waals surface area contributed by atoms with E-state index >= 15 is 0 Å². The van der Waals surface area contributed by atoms with E-state index in [1.165, 1.54) is 31.4 Å². The van der Waals surface area contributed by atoms with Gasteiger partial charge in [0.1, 0.15) is 11.5 Å². The van der Waals surface area contributed by atoms with Crippen molar-refractivity contribution in [3.63, 3.8) is 0 Å². The molecule has 33 heavy (non-hydrogen) atoms. The van der Waals surface area contributed by atoms with E-state index in [1.807, 2.05) is 24.3 Å². The number of hydrogen-bond donors (Lipinski definition) is 2. The zero-order valence-corrected chi connectivity index (χ0v) is 19.9. The van der Waals surface area contributed by atoms with Gasteiger partial charge in [-0.25, -0.2) is 8.42 Å². The lowest BCUT2D eigenvalue weighted by molar-refractivity contribution is -0.118. The highest BCUT2D eigenvalue weighted by atomic mass is 32.2. The largest absolute Gasteiger partial charge is 0.497 e. The maximum Gasteiger partial charge on any atom is 0.262 e. The fourth-order valence-electron chi connectivity index (χ4n) is 3.14. The van der Waals surface area contributed by atoms with Crippen LogP contribution in [0.15, 0.2) is 77.7 Å². The third-order valence-electron chi connectivity index (χ3n) is 4.84. The summed E-state index contributed by atoms with van der Waals surface area (Å²) in [6.45, 7) is 6.07. The van der Waals surface area contributed by atoms with Crippen molar-refractivity contribution in [2.24, 2.45) is 0 Å². The van der Waals surface area contributed by atoms with Gasteiger partial charge in [0, 0.05) is 11.4 Å². The lowest BCUT2D eigenvalue weighted by Gasteiger charge is -2.22. The Kier molecular flexibility index (Phi) is 7.28. The number of carbonyl (C=O) groups excluding carboxylic acids is 1. The summed E-state index contributed by atoms with van der Waals surface area (Å²) in [7, 11) is -2.23. The molecule has 3 aromatic rings. The minimum absolute atomic E-state index is 0.0756. The van der Waals surface area contributed by atoms with Crippen LogP contribution in [-0.4, -0.2) is 28.0 Å². The maximum atomic E-state index is 12.6. The summed E-state index contributed by atoms with van der Waals surface area (Å²) in [5.41, 5.74) is 1.78. The van der Waals surface area contributed by atoms with E-state index in [1.54, 1.807) is 24.3 Å². The average molecular weight is 469 g/mol. The zero-order valence-electron chi connectivity index (χ0n) is 19.1. The molecule has 3 rings (SSSR count). The second kappa shape index (κ2) is 9.95. The number of rotatable bonds is 8. The van der Waals surface area contributed by atoms with E-state index < -0.39 is 10.0 Å². The predicted molar refractivity (Wildman–Crippen MR) is 130 cm³/mol. The van der Waals surface area contributed by atoms with E-state index in [4.69, 9.17) is 9.47 Å². The van der Waals surface area contributed by atoms with Crippen molar-refractivity contribution in [3.8, 4) is 11.5 Å². The molecule has 8 heteroatoms. The van der Waals surface area contributed by atoms with Crippen LogP contribution in [0.1, 0.15) is 26.3 Å². The Balaban J connectivity index is 1.60. The molecule has 0 aliphatic heterocycles. The predicted octanol–water partition coefficient (Wildman–Crippen LogP) is 4.81. The lowest BCUT2D eigenvalue weighted by atomic mass is 9.86. The number of nitrogens with one attached hydrogen (secondary N) is 2. The van der Waals surface area contributed by atoms with Gasteiger partial charge in [-0.2, -0.15) is 0 Å². The van der Waals surface area contributed by atoms with Gasteiger partial charge in [-0.3, -0.25) is 9.52 Å². The second-order valence-corrected chi connectivity index (χ2v) is 10.1. The first kappa shape index (κ1) is 24.1. The molecule has 7 nitrogen and oxygen atoms in total. The van der Waals surface area contributed by atoms with Gasteiger partial charge in [0.2, 0.25) is 0 Å². The number of hydrogen-bond acceptors (Lipinski definition) is 5. The van der Waals surface area contributed by atoms with E-state index in [9.17, 15) is 13.2 Å². The Bertz CT molecular complexity index is 1200. The van der Waals surface area contributed by atoms with Crippen LogP contribution in [0.4, 0.5) is 11.4 Å². The van der Waals surface area contributed by atoms with Gasteiger partial charge < -0.3 is 14.8 Å². The monoisotopic (exact) mass is 468 g/mol. The highest BCUT2D eigenvalue weighted by molar-refractivity contribution is 7.92. The highest BCUT2D eigenvalue weighted by Crippen LogP contribution is 2.31. The molecule has 0 heterocycles. The number of carbonyl (C=O) groups is 1. The first-order valence-electron chi connectivity index (χ1n) is 10.4. The molecule has 0 spiro atoms. The van der Waals surface area contributed by atoms with Crippen LogP contribution in [0.5, 0.6) is 11.5 Å². The fourth-order valence-corrected chi connectivity index (χ4v) is 4.20. The number of sulfonamides is 1. The van der Waals surface area contributed by atoms with Crippen LogP contribution in [0.25, 0.3) is 0 Å². The third-order valence-corrected chi connectivity index (χ3v) is 6.24. The normalized spacial score (nSPS) is 11.5. The average Bonchev–Trinajstić information content (AvgIpc) is 2.78. The van der Waals surface area contributed by atoms with Gasteiger partial charge in [0.05, 0.1) is 12.0 Å². The Hall–Kier alpha value is -3.52. The van der Waals surface area contributed by atoms with Crippen LogP contribution < -0.4 is 19.5 Å². The quantitative estimate of drug-likeness (QED) is 0.495. The topological polar surface area (TPSA) is 93.7 Å². The molecule has 1 amide bonds. The molecular weight excluding hydrogens is 440 g/mol. The third kappa shape index (κ3) is 6.49. The van der Waals surface area contributed by atoms with Gasteiger partial charge in [0.15, 0.2) is 6.61 Å². The maximum absolute atomic E-state index is 12.6. The van der Waals surface area contributed by atoms with E-state index in [0.717, 1.165) is 5.56 Å². The van der Waals surface area contributed by atoms with Crippen molar-refractivity contribution >= 4 is 27.3 Å². The summed E-state index contributed by atoms with van der Waals surface area (Å²) >= 11 is 0. The van der Waals surface area contributed by atoms with Crippen molar-refractivity contribution < 1.29 is 22.7 Å². The Morgan fingerprint density at radius 1 is 0.879 bits per heavy atom. The Morgan fingerprint density at radius 3 is 2.09 bits per heavy atom. The molecule has 0 fully saturated rings. The van der Waals surface area contributed by atoms with Crippen molar-refractivity contribution in [1.29, 1.82) is 0 Å². The summed E-state index contributed by atoms with van der Waals surface area (Å²) in [5.74, 6) is 0.945. The van der Waals surface area contributed by atoms with E-state index in [-0.39, 0.29) is 22.8 Å². The molecule has 2 N–H and O–H groups in total. The Morgan fingerprint density at radius 2 is 1.48 bits per heavy atom. The number of ether oxygens (including phenoxy) is 2. The molecule has 0 aliphatic carbocycles. The molecule has 0 bridgehead atoms. The molecule has 0 aliphatic rings. The minimum Gasteiger partial charge on any atom is -0.497 e. The Labute approximate surface area is 194 Å². The molecule has 0 radical (unpaired) electrons. The van der Waals surface area contributed by atoms with Gasteiger partial charge in [-0.05, 0) is 65.6 Å². The molecule has 0 saturated carbocycles. The molecule has 0 aromatic heterocycles. The minimum atomic E-state index is -3.77. The summed E-state index contributed by atoms with van der Waals surface area (Å²) in [4.78, 5) is 12.4. The van der Waals surface area contributed by atoms with E-state index in [0.29, 0.717) is 22.9 Å². The van der Waals surface area contributed by atoms with Crippen molar-refractivity contribution in [2.75, 3.05) is 23.8 Å². The number of methoxy groups -OCH3 is 1. The fraction of sp³-hybridized carbons (Fsp3) is 0.240. The van der Waals surface area contributed by atoms with Crippen molar-refractivity contribution in [1.82, 2.24) is 0 Å². The summed E-state index contributed by atoms with van der Waals surface area (Å²) < 4.78 is 38.5. The SMILES string of the molecule is COc1ccc(NS(=O)(=O)c2ccc(NC(=O)COc3ccccc3C(C)(C)C)cc2)cc1. The number of anilines is 2. The van der Waals surface area contributed by atoms with Gasteiger partial charge in [-0.15, -0.1) is 0 Å². The van der Waals surface area contributed by atoms with Crippen LogP contribution in [-0.2, 0) is 20.2 Å². The van der Waals surface area contributed by atoms with E-state index in [2.05, 4.69) is 30.8 Å². The summed E-state index contributed by atoms with van der Waals surface area (Å²) in [6.07, 6.45) is 0. The standard InChI is InChI=1S/C25H28N2O5S/c1-25(2,3)22-7-5-6-8-23(22)32-17-24(28)26-18-11-15-21(16-12-18)33(29,30)27-19-9-13-20(31-4)14-10-19/h5-16,27H,17H2,1-4H3,(H,26,28). The van der Waals surface area contributed by atoms with Gasteiger partial charge in [0.25, 0.3) is 15.9 Å². The number of benzene rings is 3. The first-order chi connectivity index (χ1) is 15.6. The lowest BCUT2D eigenvalue weighted by Crippen LogP contribution is -2.22. The van der Waals surface area contributed by atoms with Gasteiger partial charge in [-0.1, -0.05) is 39.0 Å². The second-order valence-electron chi connectivity index (χ2n) is 8.44. The molecule has 3 aromatic carbocycles. The first-order valence-corrected chi connectivity index (χ1v) is 11.9. The van der Waals surface area contributed by atoms with Crippen molar-refractivity contribution in [3.05, 3.63) is 78.4 Å². The highest BCUT2D eigenvalue weighted by Gasteiger charge is 2.19. The molecule has 0 saturated heterocycles. The molecule has 0 atom stereocenters. The number of amides is 1. The molecule has 174 valence electrons. The van der Waals surface area contributed by atoms with Crippen LogP contribution in [0.2, 0.25) is 0 Å². The zero-order chi connectivity index (χ0) is 24.1. The molecular formula is C25H28N2O5S. The smallest absolute Gasteiger partial charge is 0.262 e. The number of para-hydroxylation sites is 1. The van der Waals surface area contributed by atoms with Crippen LogP contribution >= 0.6 is 0 Å². The van der Waals surface area contributed by atoms with Crippen molar-refractivity contribution in [2.45, 2.75) is 31.1 Å². The summed E-state index contributed by atoms with van der Waals surface area (Å²) in [5, 5.41) is 2.72. The molecule has 0 unspecified atom stereocenters. The van der Waals surface area contributed by atoms with Gasteiger partial charge >= 0.3 is 0 Å². The van der Waals surface area contributed by atoms with Crippen LogP contribution in [0.3, 0.4) is 0 Å².